The maximum Gasteiger partial charge on any atom is 0.327 e. The summed E-state index contributed by atoms with van der Waals surface area (Å²) in [5.74, 6) is 0.426. The maximum atomic E-state index is 11.7. The lowest BCUT2D eigenvalue weighted by atomic mass is 10.1. The molecule has 0 spiro atoms. The van der Waals surface area contributed by atoms with Gasteiger partial charge in [-0.1, -0.05) is 12.1 Å². The van der Waals surface area contributed by atoms with Gasteiger partial charge in [-0.3, -0.25) is 5.32 Å². The number of benzene rings is 1. The second-order valence-electron chi connectivity index (χ2n) is 3.68. The minimum Gasteiger partial charge on any atom is -0.497 e. The van der Waals surface area contributed by atoms with E-state index in [-0.39, 0.29) is 5.97 Å². The van der Waals surface area contributed by atoms with Crippen LogP contribution in [0.25, 0.3) is 0 Å². The molecule has 1 N–H and O–H groups in total. The quantitative estimate of drug-likeness (QED) is 0.583. The Bertz CT molecular complexity index is 364. The summed E-state index contributed by atoms with van der Waals surface area (Å²) in [6.07, 6.45) is 0. The molecule has 0 saturated heterocycles. The topological polar surface area (TPSA) is 56.8 Å². The van der Waals surface area contributed by atoms with E-state index >= 15 is 0 Å². The Kier molecular flexibility index (Phi) is 6.18. The molecule has 1 aromatic rings. The zero-order chi connectivity index (χ0) is 13.4. The van der Waals surface area contributed by atoms with Gasteiger partial charge >= 0.3 is 5.97 Å². The normalized spacial score (nSPS) is 11.9. The van der Waals surface area contributed by atoms with E-state index in [1.54, 1.807) is 14.2 Å². The van der Waals surface area contributed by atoms with Crippen molar-refractivity contribution in [3.63, 3.8) is 0 Å². The van der Waals surface area contributed by atoms with Crippen molar-refractivity contribution < 1.29 is 19.0 Å². The third kappa shape index (κ3) is 4.01. The summed E-state index contributed by atoms with van der Waals surface area (Å²) in [6.45, 7) is 1.10. The molecule has 0 aliphatic heterocycles. The average molecular weight is 253 g/mol. The van der Waals surface area contributed by atoms with Gasteiger partial charge in [-0.25, -0.2) is 4.79 Å². The number of esters is 1. The molecule has 100 valence electrons. The molecule has 1 rings (SSSR count). The van der Waals surface area contributed by atoms with Crippen molar-refractivity contribution in [3.05, 3.63) is 29.8 Å². The predicted molar refractivity (Wildman–Crippen MR) is 67.6 cm³/mol. The van der Waals surface area contributed by atoms with Crippen LogP contribution >= 0.6 is 0 Å². The third-order valence-electron chi connectivity index (χ3n) is 2.54. The minimum absolute atomic E-state index is 0.323. The van der Waals surface area contributed by atoms with Crippen LogP contribution in [-0.4, -0.2) is 40.5 Å². The zero-order valence-electron chi connectivity index (χ0n) is 10.9. The molecule has 5 nitrogen and oxygen atoms in total. The highest BCUT2D eigenvalue weighted by Gasteiger charge is 2.20. The van der Waals surface area contributed by atoms with Crippen LogP contribution in [0.5, 0.6) is 5.75 Å². The monoisotopic (exact) mass is 253 g/mol. The number of hydrogen-bond acceptors (Lipinski definition) is 5. The van der Waals surface area contributed by atoms with Gasteiger partial charge in [-0.2, -0.15) is 0 Å². The lowest BCUT2D eigenvalue weighted by molar-refractivity contribution is -0.143. The van der Waals surface area contributed by atoms with E-state index in [9.17, 15) is 4.79 Å². The van der Waals surface area contributed by atoms with E-state index in [0.29, 0.717) is 13.2 Å². The Morgan fingerprint density at radius 2 is 1.89 bits per heavy atom. The van der Waals surface area contributed by atoms with Gasteiger partial charge < -0.3 is 14.2 Å². The van der Waals surface area contributed by atoms with Crippen molar-refractivity contribution in [1.82, 2.24) is 5.32 Å². The first-order valence-corrected chi connectivity index (χ1v) is 5.67. The van der Waals surface area contributed by atoms with Crippen LogP contribution in [0.2, 0.25) is 0 Å². The third-order valence-corrected chi connectivity index (χ3v) is 2.54. The fourth-order valence-electron chi connectivity index (χ4n) is 1.56. The lowest BCUT2D eigenvalue weighted by Gasteiger charge is -2.16. The molecule has 0 heterocycles. The average Bonchev–Trinajstić information content (AvgIpc) is 2.43. The molecule has 0 fully saturated rings. The van der Waals surface area contributed by atoms with Crippen LogP contribution in [0.3, 0.4) is 0 Å². The molecule has 0 aliphatic carbocycles. The molecule has 0 bridgehead atoms. The largest absolute Gasteiger partial charge is 0.497 e. The summed E-state index contributed by atoms with van der Waals surface area (Å²) in [6, 6.07) is 6.79. The first-order chi connectivity index (χ1) is 8.72. The fraction of sp³-hybridized carbons (Fsp3) is 0.462. The molecule has 1 atom stereocenters. The SMILES string of the molecule is COCCNC(C(=O)OC)c1ccc(OC)cc1. The minimum atomic E-state index is -0.490. The maximum absolute atomic E-state index is 11.7. The fourth-order valence-corrected chi connectivity index (χ4v) is 1.56. The molecule has 1 aromatic carbocycles. The second kappa shape index (κ2) is 7.68. The van der Waals surface area contributed by atoms with E-state index < -0.39 is 6.04 Å². The van der Waals surface area contributed by atoms with E-state index in [1.165, 1.54) is 7.11 Å². The highest BCUT2D eigenvalue weighted by Crippen LogP contribution is 2.18. The van der Waals surface area contributed by atoms with Gasteiger partial charge in [0.2, 0.25) is 0 Å². The van der Waals surface area contributed by atoms with Crippen molar-refractivity contribution >= 4 is 5.97 Å². The Morgan fingerprint density at radius 1 is 1.22 bits per heavy atom. The highest BCUT2D eigenvalue weighted by molar-refractivity contribution is 5.77. The molecule has 0 aliphatic rings. The summed E-state index contributed by atoms with van der Waals surface area (Å²) in [5, 5.41) is 3.08. The van der Waals surface area contributed by atoms with Gasteiger partial charge in [0.1, 0.15) is 11.8 Å². The van der Waals surface area contributed by atoms with Crippen molar-refractivity contribution in [2.45, 2.75) is 6.04 Å². The van der Waals surface area contributed by atoms with Crippen molar-refractivity contribution in [2.24, 2.45) is 0 Å². The number of methoxy groups -OCH3 is 3. The predicted octanol–water partition coefficient (Wildman–Crippen LogP) is 1.15. The van der Waals surface area contributed by atoms with Gasteiger partial charge in [0, 0.05) is 13.7 Å². The Balaban J connectivity index is 2.76. The molecule has 5 heteroatoms. The Morgan fingerprint density at radius 3 is 2.39 bits per heavy atom. The summed E-state index contributed by atoms with van der Waals surface area (Å²) in [7, 11) is 4.59. The highest BCUT2D eigenvalue weighted by atomic mass is 16.5. The van der Waals surface area contributed by atoms with E-state index in [1.807, 2.05) is 24.3 Å². The summed E-state index contributed by atoms with van der Waals surface area (Å²) in [4.78, 5) is 11.7. The van der Waals surface area contributed by atoms with Gasteiger partial charge in [-0.05, 0) is 17.7 Å². The van der Waals surface area contributed by atoms with Crippen molar-refractivity contribution in [3.8, 4) is 5.75 Å². The first kappa shape index (κ1) is 14.5. The molecular weight excluding hydrogens is 234 g/mol. The molecular formula is C13H19NO4. The Labute approximate surface area is 107 Å². The van der Waals surface area contributed by atoms with Crippen LogP contribution in [0, 0.1) is 0 Å². The van der Waals surface area contributed by atoms with Gasteiger partial charge in [0.15, 0.2) is 0 Å². The number of nitrogens with one attached hydrogen (secondary N) is 1. The number of ether oxygens (including phenoxy) is 3. The van der Waals surface area contributed by atoms with Crippen molar-refractivity contribution in [2.75, 3.05) is 34.5 Å². The molecule has 0 saturated carbocycles. The van der Waals surface area contributed by atoms with Crippen LogP contribution in [0.15, 0.2) is 24.3 Å². The summed E-state index contributed by atoms with van der Waals surface area (Å²) in [5.41, 5.74) is 0.832. The molecule has 18 heavy (non-hydrogen) atoms. The van der Waals surface area contributed by atoms with Crippen LogP contribution < -0.4 is 10.1 Å². The van der Waals surface area contributed by atoms with E-state index in [4.69, 9.17) is 14.2 Å². The van der Waals surface area contributed by atoms with Gasteiger partial charge in [0.25, 0.3) is 0 Å². The van der Waals surface area contributed by atoms with Gasteiger partial charge in [-0.15, -0.1) is 0 Å². The number of carbonyl (C=O) groups excluding carboxylic acids is 1. The zero-order valence-corrected chi connectivity index (χ0v) is 10.9. The number of hydrogen-bond donors (Lipinski definition) is 1. The van der Waals surface area contributed by atoms with Gasteiger partial charge in [0.05, 0.1) is 20.8 Å². The number of carbonyl (C=O) groups is 1. The molecule has 0 radical (unpaired) electrons. The van der Waals surface area contributed by atoms with Crippen LogP contribution in [0.4, 0.5) is 0 Å². The Hall–Kier alpha value is -1.59. The second-order valence-corrected chi connectivity index (χ2v) is 3.68. The van der Waals surface area contributed by atoms with E-state index in [2.05, 4.69) is 5.32 Å². The summed E-state index contributed by atoms with van der Waals surface area (Å²) >= 11 is 0. The number of rotatable bonds is 7. The molecule has 1 unspecified atom stereocenters. The standard InChI is InChI=1S/C13H19NO4/c1-16-9-8-14-12(13(15)18-3)10-4-6-11(17-2)7-5-10/h4-7,12,14H,8-9H2,1-3H3. The van der Waals surface area contributed by atoms with E-state index in [0.717, 1.165) is 11.3 Å². The lowest BCUT2D eigenvalue weighted by Crippen LogP contribution is -2.31. The first-order valence-electron chi connectivity index (χ1n) is 5.67. The molecule has 0 aromatic heterocycles. The van der Waals surface area contributed by atoms with Crippen molar-refractivity contribution in [1.29, 1.82) is 0 Å². The smallest absolute Gasteiger partial charge is 0.327 e. The molecule has 0 amide bonds. The summed E-state index contributed by atoms with van der Waals surface area (Å²) < 4.78 is 14.8. The van der Waals surface area contributed by atoms with Crippen LogP contribution in [-0.2, 0) is 14.3 Å². The van der Waals surface area contributed by atoms with Crippen LogP contribution in [0.1, 0.15) is 11.6 Å².